The van der Waals surface area contributed by atoms with Crippen LogP contribution in [0.5, 0.6) is 0 Å². The van der Waals surface area contributed by atoms with Gasteiger partial charge in [-0.1, -0.05) is 24.3 Å². The Morgan fingerprint density at radius 2 is 1.60 bits per heavy atom. The molecule has 0 bridgehead atoms. The molecule has 0 amide bonds. The number of aryl methyl sites for hydroxylation is 1. The van der Waals surface area contributed by atoms with Crippen LogP contribution in [0.4, 0.5) is 8.78 Å². The second-order valence-electron chi connectivity index (χ2n) is 3.60. The first-order valence-electron chi connectivity index (χ1n) is 5.23. The molecule has 0 unspecified atom stereocenters. The Bertz CT molecular complexity index is 269. The summed E-state index contributed by atoms with van der Waals surface area (Å²) in [5.41, 5.74) is 2.23. The van der Waals surface area contributed by atoms with Gasteiger partial charge in [0.15, 0.2) is 0 Å². The fourth-order valence-corrected chi connectivity index (χ4v) is 1.42. The molecule has 15 heavy (non-hydrogen) atoms. The van der Waals surface area contributed by atoms with Crippen LogP contribution in [0.2, 0.25) is 0 Å². The van der Waals surface area contributed by atoms with Gasteiger partial charge in [0, 0.05) is 6.42 Å². The van der Waals surface area contributed by atoms with Gasteiger partial charge in [-0.2, -0.15) is 0 Å². The minimum atomic E-state index is -2.20. The van der Waals surface area contributed by atoms with E-state index in [4.69, 9.17) is 0 Å². The van der Waals surface area contributed by atoms with Gasteiger partial charge in [-0.25, -0.2) is 8.78 Å². The van der Waals surface area contributed by atoms with E-state index in [1.807, 2.05) is 31.3 Å². The summed E-state index contributed by atoms with van der Waals surface area (Å²) >= 11 is 0. The number of hydrogen-bond donors (Lipinski definition) is 1. The predicted octanol–water partition coefficient (Wildman–Crippen LogP) is 2.65. The average Bonchev–Trinajstić information content (AvgIpc) is 2.25. The maximum atomic E-state index is 12.0. The van der Waals surface area contributed by atoms with Gasteiger partial charge in [0.2, 0.25) is 6.43 Å². The van der Waals surface area contributed by atoms with Crippen LogP contribution in [0.1, 0.15) is 17.5 Å². The van der Waals surface area contributed by atoms with Gasteiger partial charge in [0.1, 0.15) is 0 Å². The van der Waals surface area contributed by atoms with Crippen LogP contribution in [0, 0.1) is 0 Å². The highest BCUT2D eigenvalue weighted by atomic mass is 19.3. The smallest absolute Gasteiger partial charge is 0.239 e. The van der Waals surface area contributed by atoms with Crippen LogP contribution >= 0.6 is 0 Å². The van der Waals surface area contributed by atoms with E-state index in [0.717, 1.165) is 18.5 Å². The van der Waals surface area contributed by atoms with Crippen molar-refractivity contribution in [2.75, 3.05) is 13.6 Å². The summed E-state index contributed by atoms with van der Waals surface area (Å²) in [6.07, 6.45) is -0.806. The highest BCUT2D eigenvalue weighted by Crippen LogP contribution is 2.10. The van der Waals surface area contributed by atoms with Crippen LogP contribution in [-0.4, -0.2) is 20.0 Å². The van der Waals surface area contributed by atoms with Gasteiger partial charge in [-0.05, 0) is 37.6 Å². The quantitative estimate of drug-likeness (QED) is 0.766. The van der Waals surface area contributed by atoms with Crippen LogP contribution in [-0.2, 0) is 12.8 Å². The zero-order chi connectivity index (χ0) is 11.1. The lowest BCUT2D eigenvalue weighted by atomic mass is 10.1. The van der Waals surface area contributed by atoms with Crippen molar-refractivity contribution in [3.05, 3.63) is 35.4 Å². The number of likely N-dealkylation sites (N-methyl/N-ethyl adjacent to an activating group) is 1. The Morgan fingerprint density at radius 3 is 2.07 bits per heavy atom. The van der Waals surface area contributed by atoms with Crippen LogP contribution in [0.25, 0.3) is 0 Å². The highest BCUT2D eigenvalue weighted by molar-refractivity contribution is 5.22. The van der Waals surface area contributed by atoms with E-state index in [2.05, 4.69) is 5.32 Å². The Balaban J connectivity index is 2.41. The maximum Gasteiger partial charge on any atom is 0.239 e. The maximum absolute atomic E-state index is 12.0. The highest BCUT2D eigenvalue weighted by Gasteiger charge is 2.02. The molecule has 0 spiro atoms. The van der Waals surface area contributed by atoms with Crippen LogP contribution in [0.3, 0.4) is 0 Å². The first kappa shape index (κ1) is 12.1. The lowest BCUT2D eigenvalue weighted by Gasteiger charge is -2.04. The van der Waals surface area contributed by atoms with E-state index in [1.54, 1.807) is 0 Å². The van der Waals surface area contributed by atoms with Gasteiger partial charge < -0.3 is 5.32 Å². The van der Waals surface area contributed by atoms with Gasteiger partial charge in [0.05, 0.1) is 0 Å². The molecule has 0 aromatic heterocycles. The van der Waals surface area contributed by atoms with E-state index in [1.165, 1.54) is 5.56 Å². The number of hydrogen-bond acceptors (Lipinski definition) is 1. The van der Waals surface area contributed by atoms with Crippen molar-refractivity contribution in [1.29, 1.82) is 0 Å². The van der Waals surface area contributed by atoms with Crippen molar-refractivity contribution < 1.29 is 8.78 Å². The number of nitrogens with one attached hydrogen (secondary N) is 1. The van der Waals surface area contributed by atoms with Crippen molar-refractivity contribution in [1.82, 2.24) is 5.32 Å². The van der Waals surface area contributed by atoms with Gasteiger partial charge >= 0.3 is 0 Å². The van der Waals surface area contributed by atoms with E-state index in [0.29, 0.717) is 6.42 Å². The van der Waals surface area contributed by atoms with Crippen molar-refractivity contribution in [3.8, 4) is 0 Å². The molecule has 0 saturated carbocycles. The summed E-state index contributed by atoms with van der Waals surface area (Å²) in [7, 11) is 1.91. The van der Waals surface area contributed by atoms with Crippen LogP contribution < -0.4 is 5.32 Å². The van der Waals surface area contributed by atoms with E-state index >= 15 is 0 Å². The number of halogens is 2. The zero-order valence-corrected chi connectivity index (χ0v) is 8.97. The summed E-state index contributed by atoms with van der Waals surface area (Å²) < 4.78 is 23.9. The fourth-order valence-electron chi connectivity index (χ4n) is 1.42. The Kier molecular flexibility index (Phi) is 5.26. The summed E-state index contributed by atoms with van der Waals surface area (Å²) in [5, 5.41) is 3.07. The standard InChI is InChI=1S/C12H17F2N/c1-15-9-8-11-4-2-10(3-5-11)6-7-12(13)14/h2-5,12,15H,6-9H2,1H3. The third-order valence-corrected chi connectivity index (χ3v) is 2.34. The molecule has 0 heterocycles. The summed E-state index contributed by atoms with van der Waals surface area (Å²) in [4.78, 5) is 0. The lowest BCUT2D eigenvalue weighted by Crippen LogP contribution is -2.10. The minimum Gasteiger partial charge on any atom is -0.319 e. The molecule has 0 aliphatic carbocycles. The molecule has 0 aliphatic heterocycles. The van der Waals surface area contributed by atoms with E-state index in [9.17, 15) is 8.78 Å². The molecular weight excluding hydrogens is 196 g/mol. The molecule has 1 rings (SSSR count). The van der Waals surface area contributed by atoms with E-state index < -0.39 is 6.43 Å². The zero-order valence-electron chi connectivity index (χ0n) is 8.97. The largest absolute Gasteiger partial charge is 0.319 e. The number of benzene rings is 1. The third-order valence-electron chi connectivity index (χ3n) is 2.34. The molecule has 0 radical (unpaired) electrons. The van der Waals surface area contributed by atoms with E-state index in [-0.39, 0.29) is 6.42 Å². The molecule has 1 N–H and O–H groups in total. The summed E-state index contributed by atoms with van der Waals surface area (Å²) in [6.45, 7) is 0.941. The van der Waals surface area contributed by atoms with Crippen molar-refractivity contribution in [2.24, 2.45) is 0 Å². The van der Waals surface area contributed by atoms with Gasteiger partial charge in [0.25, 0.3) is 0 Å². The summed E-state index contributed by atoms with van der Waals surface area (Å²) in [5.74, 6) is 0. The summed E-state index contributed by atoms with van der Waals surface area (Å²) in [6, 6.07) is 7.90. The SMILES string of the molecule is CNCCc1ccc(CCC(F)F)cc1. The third kappa shape index (κ3) is 4.88. The van der Waals surface area contributed by atoms with Crippen molar-refractivity contribution in [2.45, 2.75) is 25.7 Å². The molecule has 0 aliphatic rings. The Labute approximate surface area is 89.5 Å². The van der Waals surface area contributed by atoms with Crippen LogP contribution in [0.15, 0.2) is 24.3 Å². The molecule has 0 fully saturated rings. The topological polar surface area (TPSA) is 12.0 Å². The molecule has 1 nitrogen and oxygen atoms in total. The molecule has 3 heteroatoms. The Morgan fingerprint density at radius 1 is 1.07 bits per heavy atom. The average molecular weight is 213 g/mol. The Hall–Kier alpha value is -0.960. The second-order valence-corrected chi connectivity index (χ2v) is 3.60. The minimum absolute atomic E-state index is 0.0458. The first-order valence-corrected chi connectivity index (χ1v) is 5.23. The molecule has 0 atom stereocenters. The van der Waals surface area contributed by atoms with Gasteiger partial charge in [-0.3, -0.25) is 0 Å². The molecule has 1 aromatic carbocycles. The number of alkyl halides is 2. The molecule has 84 valence electrons. The lowest BCUT2D eigenvalue weighted by molar-refractivity contribution is 0.138. The monoisotopic (exact) mass is 213 g/mol. The first-order chi connectivity index (χ1) is 7.22. The number of rotatable bonds is 6. The predicted molar refractivity (Wildman–Crippen MR) is 58.4 cm³/mol. The fraction of sp³-hybridized carbons (Fsp3) is 0.500. The van der Waals surface area contributed by atoms with Crippen molar-refractivity contribution >= 4 is 0 Å². The molecule has 0 saturated heterocycles. The second kappa shape index (κ2) is 6.51. The normalized spacial score (nSPS) is 10.9. The van der Waals surface area contributed by atoms with Crippen molar-refractivity contribution in [3.63, 3.8) is 0 Å². The molecular formula is C12H17F2N. The molecule has 1 aromatic rings. The van der Waals surface area contributed by atoms with Gasteiger partial charge in [-0.15, -0.1) is 0 Å².